The molecule has 18 heavy (non-hydrogen) atoms. The Bertz CT molecular complexity index is 338. The standard InChI is InChI=1S/C14H25BrN2O/c1-11(2)17(4)10-6-5-9-16-12(3)13-7-8-14(15)18-13/h7-8,11-12,16H,5-6,9-10H2,1-4H3. The van der Waals surface area contributed by atoms with Crippen LogP contribution in [0.4, 0.5) is 0 Å². The van der Waals surface area contributed by atoms with Crippen molar-refractivity contribution in [3.63, 3.8) is 0 Å². The van der Waals surface area contributed by atoms with Crippen molar-refractivity contribution in [2.75, 3.05) is 20.1 Å². The lowest BCUT2D eigenvalue weighted by molar-refractivity contribution is 0.267. The molecule has 1 heterocycles. The van der Waals surface area contributed by atoms with E-state index in [1.807, 2.05) is 12.1 Å². The Labute approximate surface area is 119 Å². The van der Waals surface area contributed by atoms with Crippen molar-refractivity contribution in [1.82, 2.24) is 10.2 Å². The molecule has 4 heteroatoms. The summed E-state index contributed by atoms with van der Waals surface area (Å²) in [5.74, 6) is 0.987. The first-order chi connectivity index (χ1) is 8.50. The Morgan fingerprint density at radius 3 is 2.56 bits per heavy atom. The van der Waals surface area contributed by atoms with Gasteiger partial charge in [0.1, 0.15) is 5.76 Å². The highest BCUT2D eigenvalue weighted by Gasteiger charge is 2.08. The van der Waals surface area contributed by atoms with E-state index in [2.05, 4.69) is 54.0 Å². The maximum atomic E-state index is 5.52. The molecule has 0 saturated heterocycles. The van der Waals surface area contributed by atoms with E-state index in [0.717, 1.165) is 17.0 Å². The molecule has 0 saturated carbocycles. The van der Waals surface area contributed by atoms with Crippen LogP contribution in [0, 0.1) is 0 Å². The molecule has 0 aliphatic carbocycles. The summed E-state index contributed by atoms with van der Waals surface area (Å²) in [6.07, 6.45) is 2.43. The van der Waals surface area contributed by atoms with Crippen molar-refractivity contribution in [2.24, 2.45) is 0 Å². The van der Waals surface area contributed by atoms with Crippen LogP contribution in [0.15, 0.2) is 21.2 Å². The maximum Gasteiger partial charge on any atom is 0.169 e. The maximum absolute atomic E-state index is 5.52. The van der Waals surface area contributed by atoms with Gasteiger partial charge in [-0.2, -0.15) is 0 Å². The van der Waals surface area contributed by atoms with E-state index in [1.54, 1.807) is 0 Å². The van der Waals surface area contributed by atoms with E-state index in [4.69, 9.17) is 4.42 Å². The second-order valence-corrected chi connectivity index (χ2v) is 5.88. The molecular weight excluding hydrogens is 292 g/mol. The molecule has 1 aromatic rings. The zero-order valence-corrected chi connectivity index (χ0v) is 13.5. The number of hydrogen-bond donors (Lipinski definition) is 1. The first-order valence-electron chi connectivity index (χ1n) is 6.69. The number of hydrogen-bond acceptors (Lipinski definition) is 3. The topological polar surface area (TPSA) is 28.4 Å². The first-order valence-corrected chi connectivity index (χ1v) is 7.49. The summed E-state index contributed by atoms with van der Waals surface area (Å²) in [6, 6.07) is 4.86. The SMILES string of the molecule is CC(NCCCCN(C)C(C)C)c1ccc(Br)o1. The molecule has 0 aliphatic heterocycles. The summed E-state index contributed by atoms with van der Waals surface area (Å²) in [7, 11) is 2.18. The van der Waals surface area contributed by atoms with E-state index < -0.39 is 0 Å². The zero-order chi connectivity index (χ0) is 13.5. The molecule has 0 bridgehead atoms. The first kappa shape index (κ1) is 15.7. The van der Waals surface area contributed by atoms with Crippen LogP contribution in [0.2, 0.25) is 0 Å². The Hall–Kier alpha value is -0.320. The number of nitrogens with zero attached hydrogens (tertiary/aromatic N) is 1. The average molecular weight is 317 g/mol. The molecule has 0 amide bonds. The summed E-state index contributed by atoms with van der Waals surface area (Å²) in [6.45, 7) is 8.79. The van der Waals surface area contributed by atoms with Crippen LogP contribution in [0.5, 0.6) is 0 Å². The summed E-state index contributed by atoms with van der Waals surface area (Å²) in [5.41, 5.74) is 0. The molecule has 104 valence electrons. The number of rotatable bonds is 8. The quantitative estimate of drug-likeness (QED) is 0.739. The fourth-order valence-electron chi connectivity index (χ4n) is 1.72. The lowest BCUT2D eigenvalue weighted by Gasteiger charge is -2.20. The van der Waals surface area contributed by atoms with Gasteiger partial charge in [-0.3, -0.25) is 0 Å². The van der Waals surface area contributed by atoms with Crippen LogP contribution in [0.25, 0.3) is 0 Å². The Morgan fingerprint density at radius 2 is 2.00 bits per heavy atom. The molecule has 0 aliphatic rings. The smallest absolute Gasteiger partial charge is 0.169 e. The van der Waals surface area contributed by atoms with Gasteiger partial charge in [0.2, 0.25) is 0 Å². The third-order valence-electron chi connectivity index (χ3n) is 3.29. The van der Waals surface area contributed by atoms with Gasteiger partial charge < -0.3 is 14.6 Å². The van der Waals surface area contributed by atoms with Gasteiger partial charge in [0.25, 0.3) is 0 Å². The molecule has 1 rings (SSSR count). The fourth-order valence-corrected chi connectivity index (χ4v) is 2.04. The van der Waals surface area contributed by atoms with Crippen molar-refractivity contribution < 1.29 is 4.42 Å². The van der Waals surface area contributed by atoms with E-state index >= 15 is 0 Å². The van der Waals surface area contributed by atoms with Gasteiger partial charge in [0.05, 0.1) is 6.04 Å². The Balaban J connectivity index is 2.11. The van der Waals surface area contributed by atoms with Crippen LogP contribution in [0.1, 0.15) is 45.4 Å². The third kappa shape index (κ3) is 5.55. The molecule has 1 aromatic heterocycles. The van der Waals surface area contributed by atoms with Gasteiger partial charge in [-0.1, -0.05) is 0 Å². The summed E-state index contributed by atoms with van der Waals surface area (Å²) in [5, 5.41) is 3.48. The number of halogens is 1. The largest absolute Gasteiger partial charge is 0.453 e. The zero-order valence-electron chi connectivity index (χ0n) is 11.9. The molecular formula is C14H25BrN2O. The minimum absolute atomic E-state index is 0.277. The van der Waals surface area contributed by atoms with Gasteiger partial charge in [-0.25, -0.2) is 0 Å². The molecule has 1 atom stereocenters. The summed E-state index contributed by atoms with van der Waals surface area (Å²) in [4.78, 5) is 2.38. The van der Waals surface area contributed by atoms with E-state index in [0.29, 0.717) is 6.04 Å². The third-order valence-corrected chi connectivity index (χ3v) is 3.72. The van der Waals surface area contributed by atoms with Gasteiger partial charge in [0, 0.05) is 6.04 Å². The number of unbranched alkanes of at least 4 members (excludes halogenated alkanes) is 1. The summed E-state index contributed by atoms with van der Waals surface area (Å²) < 4.78 is 6.31. The van der Waals surface area contributed by atoms with Crippen molar-refractivity contribution in [3.8, 4) is 0 Å². The molecule has 0 radical (unpaired) electrons. The molecule has 3 nitrogen and oxygen atoms in total. The predicted molar refractivity (Wildman–Crippen MR) is 79.8 cm³/mol. The van der Waals surface area contributed by atoms with Crippen LogP contribution >= 0.6 is 15.9 Å². The fraction of sp³-hybridized carbons (Fsp3) is 0.714. The van der Waals surface area contributed by atoms with Crippen LogP contribution < -0.4 is 5.32 Å². The van der Waals surface area contributed by atoms with E-state index in [9.17, 15) is 0 Å². The monoisotopic (exact) mass is 316 g/mol. The van der Waals surface area contributed by atoms with Crippen LogP contribution in [-0.4, -0.2) is 31.1 Å². The van der Waals surface area contributed by atoms with Gasteiger partial charge in [-0.15, -0.1) is 0 Å². The average Bonchev–Trinajstić information content (AvgIpc) is 2.74. The lowest BCUT2D eigenvalue weighted by atomic mass is 10.2. The van der Waals surface area contributed by atoms with Crippen LogP contribution in [-0.2, 0) is 0 Å². The highest BCUT2D eigenvalue weighted by Crippen LogP contribution is 2.19. The van der Waals surface area contributed by atoms with Gasteiger partial charge in [-0.05, 0) is 81.8 Å². The molecule has 1 unspecified atom stereocenters. The number of furan rings is 1. The van der Waals surface area contributed by atoms with Crippen molar-refractivity contribution >= 4 is 15.9 Å². The highest BCUT2D eigenvalue weighted by molar-refractivity contribution is 9.10. The lowest BCUT2D eigenvalue weighted by Crippen LogP contribution is -2.28. The van der Waals surface area contributed by atoms with E-state index in [-0.39, 0.29) is 6.04 Å². The number of nitrogens with one attached hydrogen (secondary N) is 1. The van der Waals surface area contributed by atoms with Crippen molar-refractivity contribution in [1.29, 1.82) is 0 Å². The van der Waals surface area contributed by atoms with Gasteiger partial charge >= 0.3 is 0 Å². The molecule has 0 fully saturated rings. The molecule has 0 spiro atoms. The van der Waals surface area contributed by atoms with Gasteiger partial charge in [0.15, 0.2) is 4.67 Å². The van der Waals surface area contributed by atoms with Crippen LogP contribution in [0.3, 0.4) is 0 Å². The Morgan fingerprint density at radius 1 is 1.28 bits per heavy atom. The second kappa shape index (κ2) is 7.97. The minimum Gasteiger partial charge on any atom is -0.453 e. The minimum atomic E-state index is 0.277. The second-order valence-electron chi connectivity index (χ2n) is 5.10. The molecule has 0 aromatic carbocycles. The summed E-state index contributed by atoms with van der Waals surface area (Å²) >= 11 is 3.32. The van der Waals surface area contributed by atoms with Crippen molar-refractivity contribution in [2.45, 2.75) is 45.7 Å². The highest BCUT2D eigenvalue weighted by atomic mass is 79.9. The molecule has 1 N–H and O–H groups in total. The predicted octanol–water partition coefficient (Wildman–Crippen LogP) is 3.81. The normalized spacial score (nSPS) is 13.5. The van der Waals surface area contributed by atoms with Crippen molar-refractivity contribution in [3.05, 3.63) is 22.6 Å². The Kier molecular flexibility index (Phi) is 6.97. The van der Waals surface area contributed by atoms with E-state index in [1.165, 1.54) is 19.4 Å².